The maximum Gasteiger partial charge on any atom is 0.397 e. The number of carbonyl (C=O) groups is 2. The highest BCUT2D eigenvalue weighted by Crippen LogP contribution is 2.29. The summed E-state index contributed by atoms with van der Waals surface area (Å²) in [4.78, 5) is 35.9. The molecule has 0 saturated heterocycles. The van der Waals surface area contributed by atoms with Crippen LogP contribution in [0.15, 0.2) is 57.7 Å². The van der Waals surface area contributed by atoms with Gasteiger partial charge in [-0.2, -0.15) is 0 Å². The second-order valence-corrected chi connectivity index (χ2v) is 5.69. The second-order valence-electron chi connectivity index (χ2n) is 5.69. The van der Waals surface area contributed by atoms with E-state index in [1.165, 1.54) is 6.07 Å². The van der Waals surface area contributed by atoms with E-state index < -0.39 is 11.9 Å². The van der Waals surface area contributed by atoms with Gasteiger partial charge in [-0.3, -0.25) is 9.59 Å². The van der Waals surface area contributed by atoms with E-state index in [-0.39, 0.29) is 12.0 Å². The minimum absolute atomic E-state index is 0.104. The number of ether oxygens (including phenoxy) is 1. The molecule has 26 heavy (non-hydrogen) atoms. The van der Waals surface area contributed by atoms with Gasteiger partial charge in [0.1, 0.15) is 11.3 Å². The smallest absolute Gasteiger partial charge is 0.397 e. The molecule has 0 saturated carbocycles. The highest BCUT2D eigenvalue weighted by Gasteiger charge is 2.18. The van der Waals surface area contributed by atoms with E-state index in [0.29, 0.717) is 28.0 Å². The van der Waals surface area contributed by atoms with Crippen molar-refractivity contribution in [3.8, 4) is 11.3 Å². The first-order chi connectivity index (χ1) is 12.5. The van der Waals surface area contributed by atoms with Crippen LogP contribution in [0.4, 0.5) is 5.69 Å². The van der Waals surface area contributed by atoms with Crippen LogP contribution < -0.4 is 10.7 Å². The molecule has 0 atom stereocenters. The fraction of sp³-hybridized carbons (Fsp3) is 0.150. The molecule has 0 aliphatic heterocycles. The number of benzene rings is 2. The van der Waals surface area contributed by atoms with E-state index in [2.05, 4.69) is 10.1 Å². The van der Waals surface area contributed by atoms with E-state index >= 15 is 0 Å². The maximum atomic E-state index is 12.4. The lowest BCUT2D eigenvalue weighted by Gasteiger charge is -2.10. The molecule has 6 nitrogen and oxygen atoms in total. The predicted molar refractivity (Wildman–Crippen MR) is 97.9 cm³/mol. The van der Waals surface area contributed by atoms with Crippen LogP contribution >= 0.6 is 0 Å². The molecular formula is C20H17NO5. The number of hydrogen-bond acceptors (Lipinski definition) is 5. The molecule has 0 spiro atoms. The summed E-state index contributed by atoms with van der Waals surface area (Å²) in [6.07, 6.45) is 0. The van der Waals surface area contributed by atoms with Gasteiger partial charge in [-0.1, -0.05) is 23.8 Å². The van der Waals surface area contributed by atoms with Gasteiger partial charge < -0.3 is 14.5 Å². The van der Waals surface area contributed by atoms with Gasteiger partial charge in [0.25, 0.3) is 0 Å². The van der Waals surface area contributed by atoms with E-state index in [0.717, 1.165) is 5.56 Å². The number of hydrogen-bond donors (Lipinski definition) is 1. The Kier molecular flexibility index (Phi) is 4.84. The highest BCUT2D eigenvalue weighted by atomic mass is 16.5. The van der Waals surface area contributed by atoms with Crippen LogP contribution in [0.5, 0.6) is 0 Å². The van der Waals surface area contributed by atoms with Crippen molar-refractivity contribution < 1.29 is 18.7 Å². The zero-order valence-corrected chi connectivity index (χ0v) is 14.4. The van der Waals surface area contributed by atoms with Crippen LogP contribution in [0.25, 0.3) is 22.3 Å². The first kappa shape index (κ1) is 17.4. The molecule has 1 N–H and O–H groups in total. The molecule has 3 rings (SSSR count). The normalized spacial score (nSPS) is 10.5. The fourth-order valence-electron chi connectivity index (χ4n) is 2.58. The Bertz CT molecular complexity index is 1050. The van der Waals surface area contributed by atoms with E-state index in [9.17, 15) is 14.4 Å². The molecular weight excluding hydrogens is 334 g/mol. The number of esters is 1. The monoisotopic (exact) mass is 351 g/mol. The summed E-state index contributed by atoms with van der Waals surface area (Å²) in [5, 5.41) is 2.98. The Morgan fingerprint density at radius 2 is 1.88 bits per heavy atom. The van der Waals surface area contributed by atoms with Gasteiger partial charge in [-0.25, -0.2) is 4.79 Å². The molecule has 132 valence electrons. The lowest BCUT2D eigenvalue weighted by molar-refractivity contribution is -0.152. The Balaban J connectivity index is 2.04. The number of para-hydroxylation sites is 1. The zero-order valence-electron chi connectivity index (χ0n) is 14.4. The van der Waals surface area contributed by atoms with E-state index in [1.54, 1.807) is 43.3 Å². The lowest BCUT2D eigenvalue weighted by Crippen LogP contribution is -2.25. The van der Waals surface area contributed by atoms with Crippen molar-refractivity contribution in [2.24, 2.45) is 0 Å². The number of rotatable bonds is 3. The highest BCUT2D eigenvalue weighted by molar-refractivity contribution is 6.37. The average molecular weight is 351 g/mol. The van der Waals surface area contributed by atoms with Crippen molar-refractivity contribution in [1.29, 1.82) is 0 Å². The summed E-state index contributed by atoms with van der Waals surface area (Å²) < 4.78 is 10.5. The first-order valence-electron chi connectivity index (χ1n) is 8.11. The number of aryl methyl sites for hydroxylation is 1. The Hall–Kier alpha value is -3.41. The van der Waals surface area contributed by atoms with Gasteiger partial charge in [0.05, 0.1) is 17.7 Å². The first-order valence-corrected chi connectivity index (χ1v) is 8.11. The van der Waals surface area contributed by atoms with Crippen LogP contribution in [0.3, 0.4) is 0 Å². The van der Waals surface area contributed by atoms with Crippen molar-refractivity contribution in [2.45, 2.75) is 13.8 Å². The summed E-state index contributed by atoms with van der Waals surface area (Å²) >= 11 is 0. The summed E-state index contributed by atoms with van der Waals surface area (Å²) in [7, 11) is 0. The van der Waals surface area contributed by atoms with Crippen molar-refractivity contribution in [1.82, 2.24) is 0 Å². The summed E-state index contributed by atoms with van der Waals surface area (Å²) in [6, 6.07) is 13.5. The maximum absolute atomic E-state index is 12.4. The van der Waals surface area contributed by atoms with Gasteiger partial charge in [-0.05, 0) is 38.1 Å². The number of fused-ring (bicyclic) bond motifs is 1. The number of amides is 1. The van der Waals surface area contributed by atoms with Crippen LogP contribution in [0.2, 0.25) is 0 Å². The van der Waals surface area contributed by atoms with Crippen LogP contribution in [-0.4, -0.2) is 18.5 Å². The van der Waals surface area contributed by atoms with Gasteiger partial charge in [-0.15, -0.1) is 0 Å². The quantitative estimate of drug-likeness (QED) is 0.578. The number of anilines is 1. The predicted octanol–water partition coefficient (Wildman–Crippen LogP) is 3.27. The van der Waals surface area contributed by atoms with Gasteiger partial charge in [0.2, 0.25) is 0 Å². The topological polar surface area (TPSA) is 85.6 Å². The van der Waals surface area contributed by atoms with E-state index in [4.69, 9.17) is 4.42 Å². The van der Waals surface area contributed by atoms with Crippen molar-refractivity contribution in [2.75, 3.05) is 11.9 Å². The van der Waals surface area contributed by atoms with Gasteiger partial charge in [0.15, 0.2) is 5.43 Å². The fourth-order valence-corrected chi connectivity index (χ4v) is 2.58. The zero-order chi connectivity index (χ0) is 18.7. The molecule has 1 heterocycles. The van der Waals surface area contributed by atoms with Gasteiger partial charge in [0, 0.05) is 11.6 Å². The SMILES string of the molecule is CCOC(=O)C(=O)Nc1ccccc1-c1cc(=O)c2cc(C)ccc2o1. The third-order valence-corrected chi connectivity index (χ3v) is 3.78. The molecule has 3 aromatic rings. The Labute approximate surface area is 149 Å². The lowest BCUT2D eigenvalue weighted by atomic mass is 10.1. The summed E-state index contributed by atoms with van der Waals surface area (Å²) in [6.45, 7) is 3.62. The summed E-state index contributed by atoms with van der Waals surface area (Å²) in [5.41, 5.74) is 2.06. The second kappa shape index (κ2) is 7.23. The molecule has 0 unspecified atom stereocenters. The largest absolute Gasteiger partial charge is 0.459 e. The number of carbonyl (C=O) groups excluding carboxylic acids is 2. The molecule has 1 aromatic heterocycles. The molecule has 0 radical (unpaired) electrons. The molecule has 6 heteroatoms. The van der Waals surface area contributed by atoms with Crippen LogP contribution in [-0.2, 0) is 14.3 Å². The molecule has 0 aliphatic rings. The summed E-state index contributed by atoms with van der Waals surface area (Å²) in [5.74, 6) is -1.57. The third-order valence-electron chi connectivity index (χ3n) is 3.78. The van der Waals surface area contributed by atoms with E-state index in [1.807, 2.05) is 13.0 Å². The van der Waals surface area contributed by atoms with Gasteiger partial charge >= 0.3 is 11.9 Å². The van der Waals surface area contributed by atoms with Crippen LogP contribution in [0, 0.1) is 6.92 Å². The Morgan fingerprint density at radius 1 is 1.12 bits per heavy atom. The Morgan fingerprint density at radius 3 is 2.65 bits per heavy atom. The average Bonchev–Trinajstić information content (AvgIpc) is 2.63. The third kappa shape index (κ3) is 3.49. The van der Waals surface area contributed by atoms with Crippen molar-refractivity contribution in [3.63, 3.8) is 0 Å². The molecule has 0 bridgehead atoms. The van der Waals surface area contributed by atoms with Crippen molar-refractivity contribution in [3.05, 3.63) is 64.3 Å². The minimum atomic E-state index is -0.974. The molecule has 0 aliphatic carbocycles. The molecule has 1 amide bonds. The minimum Gasteiger partial charge on any atom is -0.459 e. The molecule has 2 aromatic carbocycles. The van der Waals surface area contributed by atoms with Crippen molar-refractivity contribution >= 4 is 28.5 Å². The molecule has 0 fully saturated rings. The standard InChI is InChI=1S/C20H17NO5/c1-3-25-20(24)19(23)21-15-7-5-4-6-13(15)18-11-16(22)14-10-12(2)8-9-17(14)26-18/h4-11H,3H2,1-2H3,(H,21,23). The number of nitrogens with one attached hydrogen (secondary N) is 1. The van der Waals surface area contributed by atoms with Crippen LogP contribution in [0.1, 0.15) is 12.5 Å².